The lowest BCUT2D eigenvalue weighted by Gasteiger charge is -2.37. The highest BCUT2D eigenvalue weighted by atomic mass is 79.9. The molecule has 2 bridgehead atoms. The molecule has 3 rings (SSSR count). The summed E-state index contributed by atoms with van der Waals surface area (Å²) in [6.45, 7) is 0. The topological polar surface area (TPSA) is 40.5 Å². The van der Waals surface area contributed by atoms with Crippen LogP contribution in [-0.2, 0) is 0 Å². The molecule has 0 aliphatic carbocycles. The van der Waals surface area contributed by atoms with Crippen LogP contribution in [0.25, 0.3) is 0 Å². The first kappa shape index (κ1) is 13.4. The van der Waals surface area contributed by atoms with Gasteiger partial charge in [-0.15, -0.1) is 0 Å². The average Bonchev–Trinajstić information content (AvgIpc) is 2.61. The first-order chi connectivity index (χ1) is 9.06. The number of hydrogen-bond donors (Lipinski definition) is 1. The number of halogens is 2. The second-order valence-corrected chi connectivity index (χ2v) is 6.67. The van der Waals surface area contributed by atoms with Crippen LogP contribution >= 0.6 is 27.5 Å². The summed E-state index contributed by atoms with van der Waals surface area (Å²) in [6.07, 6.45) is 3.10. The lowest BCUT2D eigenvalue weighted by atomic mass is 9.99. The third kappa shape index (κ3) is 2.41. The van der Waals surface area contributed by atoms with Crippen molar-refractivity contribution in [1.82, 2.24) is 4.90 Å². The van der Waals surface area contributed by atoms with Gasteiger partial charge in [-0.1, -0.05) is 27.5 Å². The van der Waals surface area contributed by atoms with Crippen LogP contribution in [0.1, 0.15) is 36.0 Å². The third-order valence-electron chi connectivity index (χ3n) is 4.10. The van der Waals surface area contributed by atoms with Crippen LogP contribution in [0.15, 0.2) is 22.7 Å². The maximum absolute atomic E-state index is 12.6. The van der Waals surface area contributed by atoms with Gasteiger partial charge in [0.15, 0.2) is 0 Å². The first-order valence-electron chi connectivity index (χ1n) is 6.52. The van der Waals surface area contributed by atoms with Crippen LogP contribution in [0.4, 0.5) is 0 Å². The van der Waals surface area contributed by atoms with Crippen molar-refractivity contribution >= 4 is 33.4 Å². The van der Waals surface area contributed by atoms with Crippen LogP contribution < -0.4 is 0 Å². The predicted molar refractivity (Wildman–Crippen MR) is 77.4 cm³/mol. The van der Waals surface area contributed by atoms with Gasteiger partial charge in [-0.05, 0) is 43.9 Å². The number of piperidine rings is 1. The van der Waals surface area contributed by atoms with Crippen LogP contribution in [0.2, 0.25) is 5.02 Å². The fraction of sp³-hybridized carbons (Fsp3) is 0.500. The number of aliphatic hydroxyl groups excluding tert-OH is 1. The van der Waals surface area contributed by atoms with Gasteiger partial charge >= 0.3 is 0 Å². The molecular weight excluding hydrogens is 330 g/mol. The Kier molecular flexibility index (Phi) is 3.58. The monoisotopic (exact) mass is 343 g/mol. The Morgan fingerprint density at radius 1 is 1.32 bits per heavy atom. The van der Waals surface area contributed by atoms with Gasteiger partial charge in [-0.2, -0.15) is 0 Å². The molecule has 2 aliphatic heterocycles. The average molecular weight is 345 g/mol. The molecule has 3 nitrogen and oxygen atoms in total. The molecule has 19 heavy (non-hydrogen) atoms. The predicted octanol–water partition coefficient (Wildman–Crippen LogP) is 3.23. The summed E-state index contributed by atoms with van der Waals surface area (Å²) in [5.74, 6) is -0.00287. The van der Waals surface area contributed by atoms with Crippen molar-refractivity contribution in [2.45, 2.75) is 43.9 Å². The Morgan fingerprint density at radius 3 is 2.53 bits per heavy atom. The Balaban J connectivity index is 1.88. The van der Waals surface area contributed by atoms with Crippen molar-refractivity contribution in [3.05, 3.63) is 33.3 Å². The van der Waals surface area contributed by atoms with Crippen molar-refractivity contribution in [3.8, 4) is 0 Å². The summed E-state index contributed by atoms with van der Waals surface area (Å²) in [5.41, 5.74) is 0.554. The highest BCUT2D eigenvalue weighted by Crippen LogP contribution is 2.37. The molecular formula is C14H15BrClNO2. The third-order valence-corrected chi connectivity index (χ3v) is 4.91. The summed E-state index contributed by atoms with van der Waals surface area (Å²) >= 11 is 9.50. The van der Waals surface area contributed by atoms with E-state index in [-0.39, 0.29) is 24.1 Å². The van der Waals surface area contributed by atoms with Gasteiger partial charge < -0.3 is 10.0 Å². The van der Waals surface area contributed by atoms with E-state index in [4.69, 9.17) is 11.6 Å². The van der Waals surface area contributed by atoms with Crippen LogP contribution in [0.3, 0.4) is 0 Å². The number of amides is 1. The molecule has 2 atom stereocenters. The highest BCUT2D eigenvalue weighted by molar-refractivity contribution is 9.10. The summed E-state index contributed by atoms with van der Waals surface area (Å²) in [5, 5.41) is 10.3. The van der Waals surface area contributed by atoms with Gasteiger partial charge in [0.1, 0.15) is 0 Å². The number of carbonyl (C=O) groups excluding carboxylic acids is 1. The number of aliphatic hydroxyl groups is 1. The Morgan fingerprint density at radius 2 is 1.95 bits per heavy atom. The SMILES string of the molecule is O=C(c1ccc(Br)cc1Cl)N1C2CCC1CC(O)C2. The lowest BCUT2D eigenvalue weighted by Crippen LogP contribution is -2.48. The normalized spacial score (nSPS) is 29.6. The Labute approximate surface area is 125 Å². The second-order valence-electron chi connectivity index (χ2n) is 5.35. The number of carbonyl (C=O) groups is 1. The number of hydrogen-bond acceptors (Lipinski definition) is 2. The lowest BCUT2D eigenvalue weighted by molar-refractivity contribution is 0.0287. The van der Waals surface area contributed by atoms with E-state index in [1.165, 1.54) is 0 Å². The molecule has 1 amide bonds. The minimum Gasteiger partial charge on any atom is -0.393 e. The molecule has 2 aliphatic rings. The summed E-state index contributed by atoms with van der Waals surface area (Å²) in [6, 6.07) is 5.68. The van der Waals surface area contributed by atoms with Crippen LogP contribution in [-0.4, -0.2) is 34.1 Å². The largest absolute Gasteiger partial charge is 0.393 e. The maximum atomic E-state index is 12.6. The quantitative estimate of drug-likeness (QED) is 0.850. The van der Waals surface area contributed by atoms with E-state index in [9.17, 15) is 9.90 Å². The standard InChI is InChI=1S/C14H15BrClNO2/c15-8-1-4-12(13(16)5-8)14(19)17-9-2-3-10(17)7-11(18)6-9/h1,4-5,9-11,18H,2-3,6-7H2. The van der Waals surface area contributed by atoms with E-state index < -0.39 is 0 Å². The van der Waals surface area contributed by atoms with Crippen molar-refractivity contribution in [2.75, 3.05) is 0 Å². The summed E-state index contributed by atoms with van der Waals surface area (Å²) < 4.78 is 0.867. The molecule has 1 aromatic carbocycles. The molecule has 2 fully saturated rings. The highest BCUT2D eigenvalue weighted by Gasteiger charge is 2.43. The minimum absolute atomic E-state index is 0.00287. The van der Waals surface area contributed by atoms with Gasteiger partial charge in [0.2, 0.25) is 0 Å². The van der Waals surface area contributed by atoms with E-state index in [0.29, 0.717) is 23.4 Å². The van der Waals surface area contributed by atoms with E-state index in [0.717, 1.165) is 17.3 Å². The van der Waals surface area contributed by atoms with E-state index >= 15 is 0 Å². The van der Waals surface area contributed by atoms with Gasteiger partial charge in [0, 0.05) is 16.6 Å². The van der Waals surface area contributed by atoms with E-state index in [2.05, 4.69) is 15.9 Å². The molecule has 1 N–H and O–H groups in total. The summed E-state index contributed by atoms with van der Waals surface area (Å²) in [4.78, 5) is 14.6. The maximum Gasteiger partial charge on any atom is 0.255 e. The summed E-state index contributed by atoms with van der Waals surface area (Å²) in [7, 11) is 0. The van der Waals surface area contributed by atoms with Gasteiger partial charge in [-0.3, -0.25) is 4.79 Å². The number of nitrogens with zero attached hydrogens (tertiary/aromatic N) is 1. The minimum atomic E-state index is -0.262. The van der Waals surface area contributed by atoms with Gasteiger partial charge in [0.25, 0.3) is 5.91 Å². The Bertz CT molecular complexity index is 508. The van der Waals surface area contributed by atoms with Crippen LogP contribution in [0.5, 0.6) is 0 Å². The van der Waals surface area contributed by atoms with Gasteiger partial charge in [0.05, 0.1) is 16.7 Å². The first-order valence-corrected chi connectivity index (χ1v) is 7.69. The number of benzene rings is 1. The molecule has 5 heteroatoms. The van der Waals surface area contributed by atoms with Crippen molar-refractivity contribution in [3.63, 3.8) is 0 Å². The molecule has 1 aromatic rings. The molecule has 0 aromatic heterocycles. The fourth-order valence-corrected chi connectivity index (χ4v) is 4.04. The van der Waals surface area contributed by atoms with Crippen molar-refractivity contribution < 1.29 is 9.90 Å². The molecule has 2 unspecified atom stereocenters. The number of rotatable bonds is 1. The zero-order valence-electron chi connectivity index (χ0n) is 10.4. The second kappa shape index (κ2) is 5.08. The Hall–Kier alpha value is -0.580. The smallest absolute Gasteiger partial charge is 0.255 e. The molecule has 0 saturated carbocycles. The molecule has 0 spiro atoms. The molecule has 102 valence electrons. The van der Waals surface area contributed by atoms with Crippen LogP contribution in [0, 0.1) is 0 Å². The molecule has 2 saturated heterocycles. The molecule has 2 heterocycles. The number of fused-ring (bicyclic) bond motifs is 2. The van der Waals surface area contributed by atoms with Crippen molar-refractivity contribution in [1.29, 1.82) is 0 Å². The molecule has 0 radical (unpaired) electrons. The van der Waals surface area contributed by atoms with E-state index in [1.54, 1.807) is 12.1 Å². The zero-order valence-corrected chi connectivity index (χ0v) is 12.7. The van der Waals surface area contributed by atoms with Gasteiger partial charge in [-0.25, -0.2) is 0 Å². The zero-order chi connectivity index (χ0) is 13.6. The fourth-order valence-electron chi connectivity index (χ4n) is 3.28. The van der Waals surface area contributed by atoms with Crippen molar-refractivity contribution in [2.24, 2.45) is 0 Å². The van der Waals surface area contributed by atoms with E-state index in [1.807, 2.05) is 11.0 Å².